The molecule has 0 amide bonds. The van der Waals surface area contributed by atoms with Gasteiger partial charge in [-0.1, -0.05) is 42.1 Å². The quantitative estimate of drug-likeness (QED) is 0.464. The van der Waals surface area contributed by atoms with Crippen molar-refractivity contribution in [3.63, 3.8) is 0 Å². The molecule has 1 aromatic heterocycles. The summed E-state index contributed by atoms with van der Waals surface area (Å²) in [6, 6.07) is 11.1. The summed E-state index contributed by atoms with van der Waals surface area (Å²) in [7, 11) is 0. The zero-order valence-electron chi connectivity index (χ0n) is 15.5. The molecule has 148 valence electrons. The van der Waals surface area contributed by atoms with Gasteiger partial charge in [-0.15, -0.1) is 0 Å². The van der Waals surface area contributed by atoms with Gasteiger partial charge in [-0.05, 0) is 55.3 Å². The van der Waals surface area contributed by atoms with Gasteiger partial charge in [0.05, 0.1) is 12.7 Å². The summed E-state index contributed by atoms with van der Waals surface area (Å²) in [5.74, 6) is 0. The van der Waals surface area contributed by atoms with Crippen LogP contribution in [0.25, 0.3) is 0 Å². The fourth-order valence-electron chi connectivity index (χ4n) is 2.76. The summed E-state index contributed by atoms with van der Waals surface area (Å²) in [4.78, 5) is 4.28. The van der Waals surface area contributed by atoms with E-state index in [2.05, 4.69) is 10.3 Å². The van der Waals surface area contributed by atoms with E-state index in [1.165, 1.54) is 0 Å². The lowest BCUT2D eigenvalue weighted by Gasteiger charge is -2.13. The molecule has 0 aliphatic carbocycles. The molecule has 0 radical (unpaired) electrons. The summed E-state index contributed by atoms with van der Waals surface area (Å²) in [6.45, 7) is 2.90. The number of nitrogens with one attached hydrogen (secondary N) is 1. The number of pyridine rings is 1. The zero-order chi connectivity index (χ0) is 19.3. The Balaban J connectivity index is 1.42. The van der Waals surface area contributed by atoms with Crippen LogP contribution in [0.1, 0.15) is 43.0 Å². The first kappa shape index (κ1) is 22.1. The van der Waals surface area contributed by atoms with Crippen molar-refractivity contribution >= 4 is 23.2 Å². The van der Waals surface area contributed by atoms with Gasteiger partial charge in [0.2, 0.25) is 0 Å². The number of unbranched alkanes of at least 4 members (excludes halogenated alkanes) is 3. The van der Waals surface area contributed by atoms with Crippen molar-refractivity contribution in [2.45, 2.75) is 38.2 Å². The van der Waals surface area contributed by atoms with Gasteiger partial charge in [0.25, 0.3) is 0 Å². The van der Waals surface area contributed by atoms with E-state index < -0.39 is 6.10 Å². The van der Waals surface area contributed by atoms with Crippen LogP contribution in [-0.4, -0.2) is 36.4 Å². The van der Waals surface area contributed by atoms with Gasteiger partial charge in [0.15, 0.2) is 0 Å². The van der Waals surface area contributed by atoms with E-state index in [1.807, 2.05) is 24.4 Å². The van der Waals surface area contributed by atoms with E-state index in [0.717, 1.165) is 63.1 Å². The summed E-state index contributed by atoms with van der Waals surface area (Å²) in [5, 5.41) is 14.5. The third-order valence-electron chi connectivity index (χ3n) is 4.23. The number of ether oxygens (including phenoxy) is 1. The number of benzene rings is 1. The summed E-state index contributed by atoms with van der Waals surface area (Å²) >= 11 is 11.9. The van der Waals surface area contributed by atoms with Gasteiger partial charge in [0.1, 0.15) is 0 Å². The number of aliphatic hydroxyl groups excluding tert-OH is 1. The van der Waals surface area contributed by atoms with Crippen LogP contribution < -0.4 is 5.32 Å². The monoisotopic (exact) mass is 410 g/mol. The van der Waals surface area contributed by atoms with Crippen molar-refractivity contribution in [2.24, 2.45) is 0 Å². The van der Waals surface area contributed by atoms with Gasteiger partial charge in [-0.25, -0.2) is 0 Å². The fraction of sp³-hybridized carbons (Fsp3) is 0.476. The molecule has 4 nitrogen and oxygen atoms in total. The standard InChI is InChI=1S/C21H28Cl2N2O2/c22-18-13-17(14-19(23)15-18)21(26)16-24-9-4-1-2-6-11-27-12-8-20-7-3-5-10-25-20/h3,5,7,10,13-15,21,24,26H,1-2,4,6,8-9,11-12,16H2. The molecule has 0 aliphatic heterocycles. The second-order valence-electron chi connectivity index (χ2n) is 6.52. The maximum atomic E-state index is 10.2. The number of aliphatic hydroxyl groups is 1. The Labute approximate surface area is 171 Å². The number of halogens is 2. The van der Waals surface area contributed by atoms with Crippen LogP contribution >= 0.6 is 23.2 Å². The summed E-state index contributed by atoms with van der Waals surface area (Å²) in [5.41, 5.74) is 1.81. The molecular weight excluding hydrogens is 383 g/mol. The molecule has 0 aliphatic rings. The molecule has 0 spiro atoms. The highest BCUT2D eigenvalue weighted by Gasteiger charge is 2.08. The molecule has 0 saturated heterocycles. The van der Waals surface area contributed by atoms with Crippen molar-refractivity contribution in [3.8, 4) is 0 Å². The first-order valence-corrected chi connectivity index (χ1v) is 10.2. The summed E-state index contributed by atoms with van der Waals surface area (Å²) in [6.07, 6.45) is 6.53. The summed E-state index contributed by atoms with van der Waals surface area (Å²) < 4.78 is 5.65. The molecule has 1 aromatic carbocycles. The highest BCUT2D eigenvalue weighted by Crippen LogP contribution is 2.23. The number of aromatic nitrogens is 1. The van der Waals surface area contributed by atoms with E-state index in [9.17, 15) is 5.11 Å². The van der Waals surface area contributed by atoms with E-state index in [0.29, 0.717) is 16.6 Å². The Hall–Kier alpha value is -1.17. The average Bonchev–Trinajstić information content (AvgIpc) is 2.66. The van der Waals surface area contributed by atoms with Crippen molar-refractivity contribution in [2.75, 3.05) is 26.3 Å². The maximum Gasteiger partial charge on any atom is 0.0915 e. The second kappa shape index (κ2) is 13.1. The first-order chi connectivity index (χ1) is 13.1. The van der Waals surface area contributed by atoms with E-state index in [4.69, 9.17) is 27.9 Å². The Kier molecular flexibility index (Phi) is 10.7. The van der Waals surface area contributed by atoms with E-state index in [1.54, 1.807) is 18.2 Å². The number of hydrogen-bond donors (Lipinski definition) is 2. The molecule has 27 heavy (non-hydrogen) atoms. The minimum atomic E-state index is -0.603. The molecular formula is C21H28Cl2N2O2. The lowest BCUT2D eigenvalue weighted by Crippen LogP contribution is -2.22. The molecule has 2 N–H and O–H groups in total. The average molecular weight is 411 g/mol. The van der Waals surface area contributed by atoms with Crippen LogP contribution in [0.2, 0.25) is 10.0 Å². The Morgan fingerprint density at radius 1 is 1.00 bits per heavy atom. The van der Waals surface area contributed by atoms with Crippen LogP contribution in [0.5, 0.6) is 0 Å². The molecule has 1 unspecified atom stereocenters. The maximum absolute atomic E-state index is 10.2. The second-order valence-corrected chi connectivity index (χ2v) is 7.39. The van der Waals surface area contributed by atoms with Crippen LogP contribution in [0.4, 0.5) is 0 Å². The van der Waals surface area contributed by atoms with Gasteiger partial charge < -0.3 is 15.2 Å². The van der Waals surface area contributed by atoms with Gasteiger partial charge >= 0.3 is 0 Å². The van der Waals surface area contributed by atoms with Crippen molar-refractivity contribution in [3.05, 3.63) is 63.9 Å². The Morgan fingerprint density at radius 2 is 1.78 bits per heavy atom. The normalized spacial score (nSPS) is 12.3. The molecule has 2 aromatic rings. The SMILES string of the molecule is OC(CNCCCCCCOCCc1ccccn1)c1cc(Cl)cc(Cl)c1. The third kappa shape index (κ3) is 9.54. The van der Waals surface area contributed by atoms with Crippen LogP contribution in [0, 0.1) is 0 Å². The predicted molar refractivity (Wildman–Crippen MR) is 112 cm³/mol. The van der Waals surface area contributed by atoms with Crippen molar-refractivity contribution in [1.82, 2.24) is 10.3 Å². The minimum absolute atomic E-state index is 0.493. The molecule has 1 atom stereocenters. The van der Waals surface area contributed by atoms with Crippen molar-refractivity contribution < 1.29 is 9.84 Å². The molecule has 6 heteroatoms. The minimum Gasteiger partial charge on any atom is -0.387 e. The van der Waals surface area contributed by atoms with Crippen LogP contribution in [0.15, 0.2) is 42.6 Å². The number of hydrogen-bond acceptors (Lipinski definition) is 4. The molecule has 2 rings (SSSR count). The molecule has 0 bridgehead atoms. The number of nitrogens with zero attached hydrogens (tertiary/aromatic N) is 1. The van der Waals surface area contributed by atoms with Gasteiger partial charge in [-0.3, -0.25) is 4.98 Å². The smallest absolute Gasteiger partial charge is 0.0915 e. The van der Waals surface area contributed by atoms with Gasteiger partial charge in [0, 0.05) is 41.5 Å². The van der Waals surface area contributed by atoms with E-state index in [-0.39, 0.29) is 0 Å². The van der Waals surface area contributed by atoms with Crippen LogP contribution in [-0.2, 0) is 11.2 Å². The van der Waals surface area contributed by atoms with Gasteiger partial charge in [-0.2, -0.15) is 0 Å². The molecule has 1 heterocycles. The van der Waals surface area contributed by atoms with E-state index >= 15 is 0 Å². The van der Waals surface area contributed by atoms with Crippen molar-refractivity contribution in [1.29, 1.82) is 0 Å². The Bertz CT molecular complexity index is 636. The largest absolute Gasteiger partial charge is 0.387 e. The molecule has 0 fully saturated rings. The number of rotatable bonds is 13. The first-order valence-electron chi connectivity index (χ1n) is 9.47. The topological polar surface area (TPSA) is 54.4 Å². The lowest BCUT2D eigenvalue weighted by atomic mass is 10.1. The molecule has 0 saturated carbocycles. The Morgan fingerprint density at radius 3 is 2.52 bits per heavy atom. The highest BCUT2D eigenvalue weighted by molar-refractivity contribution is 6.34. The zero-order valence-corrected chi connectivity index (χ0v) is 17.1. The lowest BCUT2D eigenvalue weighted by molar-refractivity contribution is 0.132. The predicted octanol–water partition coefficient (Wildman–Crippen LogP) is 4.83. The fourth-order valence-corrected chi connectivity index (χ4v) is 3.30. The highest BCUT2D eigenvalue weighted by atomic mass is 35.5. The van der Waals surface area contributed by atoms with Crippen LogP contribution in [0.3, 0.4) is 0 Å². The third-order valence-corrected chi connectivity index (χ3v) is 4.66.